The zero-order valence-electron chi connectivity index (χ0n) is 17.1. The van der Waals surface area contributed by atoms with Crippen LogP contribution in [0.1, 0.15) is 25.0 Å². The number of aryl methyl sites for hydroxylation is 1. The van der Waals surface area contributed by atoms with Crippen molar-refractivity contribution in [1.29, 1.82) is 5.26 Å². The fourth-order valence-electron chi connectivity index (χ4n) is 3.40. The average Bonchev–Trinajstić information content (AvgIpc) is 3.43. The molecule has 0 fully saturated rings. The van der Waals surface area contributed by atoms with Gasteiger partial charge < -0.3 is 15.0 Å². The molecule has 1 aromatic carbocycles. The Labute approximate surface area is 185 Å². The van der Waals surface area contributed by atoms with Gasteiger partial charge in [-0.25, -0.2) is 15.0 Å². The Morgan fingerprint density at radius 1 is 1.19 bits per heavy atom. The number of aromatic nitrogens is 4. The van der Waals surface area contributed by atoms with Crippen molar-refractivity contribution in [2.24, 2.45) is 0 Å². The Hall–Kier alpha value is -3.28. The second-order valence-corrected chi connectivity index (χ2v) is 8.44. The normalized spacial score (nSPS) is 12.0. The van der Waals surface area contributed by atoms with Crippen molar-refractivity contribution >= 4 is 27.4 Å². The number of nitrogens with zero attached hydrogens (tertiary/aromatic N) is 5. The van der Waals surface area contributed by atoms with Crippen molar-refractivity contribution in [3.05, 3.63) is 60.8 Å². The van der Waals surface area contributed by atoms with Crippen LogP contribution in [0, 0.1) is 11.3 Å². The van der Waals surface area contributed by atoms with Crippen LogP contribution in [0.15, 0.2) is 55.1 Å². The van der Waals surface area contributed by atoms with E-state index in [0.29, 0.717) is 18.8 Å². The molecule has 0 bridgehead atoms. The summed E-state index contributed by atoms with van der Waals surface area (Å²) in [6.07, 6.45) is 8.51. The van der Waals surface area contributed by atoms with Crippen LogP contribution in [-0.2, 0) is 13.0 Å². The largest absolute Gasteiger partial charge is 0.394 e. The Kier molecular flexibility index (Phi) is 6.87. The highest BCUT2D eigenvalue weighted by molar-refractivity contribution is 7.22. The van der Waals surface area contributed by atoms with Gasteiger partial charge in [0.1, 0.15) is 0 Å². The van der Waals surface area contributed by atoms with Crippen LogP contribution in [0.25, 0.3) is 20.7 Å². The minimum atomic E-state index is -0.236. The Morgan fingerprint density at radius 2 is 2.10 bits per heavy atom. The molecule has 0 unspecified atom stereocenters. The first-order valence-corrected chi connectivity index (χ1v) is 11.1. The van der Waals surface area contributed by atoms with Gasteiger partial charge in [-0.15, -0.1) is 11.3 Å². The number of benzene rings is 1. The first-order chi connectivity index (χ1) is 15.2. The standard InChI is InChI=1S/C23H24N6OS/c24-9-4-1-5-11-29-14-18(26-16-29)13-19(15-30)27-23-25-10-8-20(28-23)22-12-17-6-2-3-7-21(17)31-22/h2-3,6-8,10,12,14,16,19,30H,1,4-5,11,13,15H2,(H,25,27,28)/t19-/m0/s1. The van der Waals surface area contributed by atoms with Gasteiger partial charge in [0, 0.05) is 36.5 Å². The van der Waals surface area contributed by atoms with E-state index in [2.05, 4.69) is 44.5 Å². The number of hydrogen-bond acceptors (Lipinski definition) is 7. The number of fused-ring (bicyclic) bond motifs is 1. The maximum absolute atomic E-state index is 9.86. The third-order valence-corrected chi connectivity index (χ3v) is 6.12. The number of nitrogens with one attached hydrogen (secondary N) is 1. The third kappa shape index (κ3) is 5.45. The van der Waals surface area contributed by atoms with Gasteiger partial charge in [0.2, 0.25) is 5.95 Å². The minimum Gasteiger partial charge on any atom is -0.394 e. The summed E-state index contributed by atoms with van der Waals surface area (Å²) in [5.74, 6) is 0.491. The molecule has 4 aromatic rings. The van der Waals surface area contributed by atoms with E-state index >= 15 is 0 Å². The van der Waals surface area contributed by atoms with Gasteiger partial charge in [-0.1, -0.05) is 18.2 Å². The van der Waals surface area contributed by atoms with Crippen LogP contribution in [-0.4, -0.2) is 37.3 Å². The predicted octanol–water partition coefficient (Wildman–Crippen LogP) is 4.26. The molecule has 3 aromatic heterocycles. The summed E-state index contributed by atoms with van der Waals surface area (Å²) in [7, 11) is 0. The molecule has 31 heavy (non-hydrogen) atoms. The molecule has 1 atom stereocenters. The van der Waals surface area contributed by atoms with Gasteiger partial charge in [0.05, 0.1) is 41.3 Å². The lowest BCUT2D eigenvalue weighted by atomic mass is 10.2. The van der Waals surface area contributed by atoms with Crippen molar-refractivity contribution in [3.8, 4) is 16.6 Å². The van der Waals surface area contributed by atoms with Crippen LogP contribution >= 0.6 is 11.3 Å². The molecule has 0 aliphatic heterocycles. The highest BCUT2D eigenvalue weighted by Gasteiger charge is 2.13. The van der Waals surface area contributed by atoms with Crippen molar-refractivity contribution < 1.29 is 5.11 Å². The van der Waals surface area contributed by atoms with E-state index < -0.39 is 0 Å². The molecule has 0 radical (unpaired) electrons. The fraction of sp³-hybridized carbons (Fsp3) is 0.304. The molecule has 0 spiro atoms. The molecule has 7 nitrogen and oxygen atoms in total. The zero-order valence-corrected chi connectivity index (χ0v) is 17.9. The highest BCUT2D eigenvalue weighted by atomic mass is 32.1. The molecule has 0 aliphatic carbocycles. The van der Waals surface area contributed by atoms with Gasteiger partial charge in [-0.2, -0.15) is 5.26 Å². The van der Waals surface area contributed by atoms with Crippen LogP contribution in [0.4, 0.5) is 5.95 Å². The summed E-state index contributed by atoms with van der Waals surface area (Å²) < 4.78 is 3.25. The van der Waals surface area contributed by atoms with Crippen LogP contribution in [0.5, 0.6) is 0 Å². The van der Waals surface area contributed by atoms with Crippen molar-refractivity contribution in [3.63, 3.8) is 0 Å². The molecular formula is C23H24N6OS. The van der Waals surface area contributed by atoms with Crippen molar-refractivity contribution in [2.75, 3.05) is 11.9 Å². The molecule has 2 N–H and O–H groups in total. The van der Waals surface area contributed by atoms with Crippen molar-refractivity contribution in [2.45, 2.75) is 38.3 Å². The lowest BCUT2D eigenvalue weighted by Crippen LogP contribution is -2.27. The maximum Gasteiger partial charge on any atom is 0.223 e. The Bertz CT molecular complexity index is 1140. The second-order valence-electron chi connectivity index (χ2n) is 7.36. The smallest absolute Gasteiger partial charge is 0.223 e. The van der Waals surface area contributed by atoms with E-state index in [1.807, 2.05) is 29.0 Å². The Balaban J connectivity index is 1.40. The molecular weight excluding hydrogens is 408 g/mol. The topological polar surface area (TPSA) is 99.7 Å². The monoisotopic (exact) mass is 432 g/mol. The summed E-state index contributed by atoms with van der Waals surface area (Å²) in [6, 6.07) is 14.2. The van der Waals surface area contributed by atoms with Gasteiger partial charge in [-0.05, 0) is 36.4 Å². The third-order valence-electron chi connectivity index (χ3n) is 4.98. The number of aliphatic hydroxyl groups excluding tert-OH is 1. The summed E-state index contributed by atoms with van der Waals surface area (Å²) >= 11 is 1.70. The quantitative estimate of drug-likeness (QED) is 0.363. The number of thiophene rings is 1. The highest BCUT2D eigenvalue weighted by Crippen LogP contribution is 2.32. The van der Waals surface area contributed by atoms with E-state index in [0.717, 1.165) is 35.7 Å². The van der Waals surface area contributed by atoms with E-state index in [4.69, 9.17) is 5.26 Å². The Morgan fingerprint density at radius 3 is 2.94 bits per heavy atom. The van der Waals surface area contributed by atoms with Gasteiger partial charge in [-0.3, -0.25) is 0 Å². The van der Waals surface area contributed by atoms with Gasteiger partial charge in [0.25, 0.3) is 0 Å². The van der Waals surface area contributed by atoms with E-state index in [-0.39, 0.29) is 12.6 Å². The van der Waals surface area contributed by atoms with Crippen molar-refractivity contribution in [1.82, 2.24) is 19.5 Å². The van der Waals surface area contributed by atoms with Crippen LogP contribution < -0.4 is 5.32 Å². The lowest BCUT2D eigenvalue weighted by Gasteiger charge is -2.15. The fourth-order valence-corrected chi connectivity index (χ4v) is 4.43. The summed E-state index contributed by atoms with van der Waals surface area (Å²) in [5, 5.41) is 22.9. The number of unbranched alkanes of at least 4 members (excludes halogenated alkanes) is 2. The lowest BCUT2D eigenvalue weighted by molar-refractivity contribution is 0.272. The molecule has 0 saturated heterocycles. The number of anilines is 1. The second kappa shape index (κ2) is 10.2. The van der Waals surface area contributed by atoms with E-state index in [9.17, 15) is 5.11 Å². The summed E-state index contributed by atoms with van der Waals surface area (Å²) in [5.41, 5.74) is 1.75. The summed E-state index contributed by atoms with van der Waals surface area (Å²) in [4.78, 5) is 14.5. The SMILES string of the molecule is N#CCCCCn1cnc(C[C@@H](CO)Nc2nccc(-c3cc4ccccc4s3)n2)c1. The molecule has 0 amide bonds. The first kappa shape index (κ1) is 21.0. The van der Waals surface area contributed by atoms with E-state index in [1.54, 1.807) is 23.9 Å². The zero-order chi connectivity index (χ0) is 21.5. The van der Waals surface area contributed by atoms with Crippen LogP contribution in [0.2, 0.25) is 0 Å². The molecule has 0 saturated carbocycles. The molecule has 4 rings (SSSR count). The number of aliphatic hydroxyl groups is 1. The molecule has 3 heterocycles. The molecule has 0 aliphatic rings. The number of rotatable bonds is 10. The van der Waals surface area contributed by atoms with Gasteiger partial charge >= 0.3 is 0 Å². The summed E-state index contributed by atoms with van der Waals surface area (Å²) in [6.45, 7) is 0.789. The van der Waals surface area contributed by atoms with E-state index in [1.165, 1.54) is 10.1 Å². The maximum atomic E-state index is 9.86. The van der Waals surface area contributed by atoms with Crippen LogP contribution in [0.3, 0.4) is 0 Å². The molecule has 158 valence electrons. The first-order valence-electron chi connectivity index (χ1n) is 10.3. The average molecular weight is 433 g/mol. The number of hydrogen-bond donors (Lipinski definition) is 2. The number of imidazole rings is 1. The molecule has 8 heteroatoms. The predicted molar refractivity (Wildman–Crippen MR) is 123 cm³/mol. The number of nitriles is 1. The minimum absolute atomic E-state index is 0.0501. The van der Waals surface area contributed by atoms with Gasteiger partial charge in [0.15, 0.2) is 0 Å².